The maximum Gasteiger partial charge on any atom is 0.0794 e. The zero-order valence-corrected chi connectivity index (χ0v) is 13.8. The van der Waals surface area contributed by atoms with Gasteiger partial charge in [0.25, 0.3) is 0 Å². The number of aromatic nitrogens is 1. The Morgan fingerprint density at radius 3 is 2.70 bits per heavy atom. The van der Waals surface area contributed by atoms with Crippen LogP contribution in [0.4, 0.5) is 0 Å². The monoisotopic (exact) mass is 350 g/mol. The Hall–Kier alpha value is -0.710. The van der Waals surface area contributed by atoms with Crippen LogP contribution in [-0.4, -0.2) is 17.6 Å². The highest BCUT2D eigenvalue weighted by molar-refractivity contribution is 9.10. The van der Waals surface area contributed by atoms with Crippen LogP contribution in [0.3, 0.4) is 0 Å². The third-order valence-electron chi connectivity index (χ3n) is 3.68. The molecular formula is C16H19BrN2S. The van der Waals surface area contributed by atoms with Crippen LogP contribution >= 0.6 is 27.3 Å². The van der Waals surface area contributed by atoms with Crippen molar-refractivity contribution in [3.63, 3.8) is 0 Å². The molecule has 1 aliphatic rings. The van der Waals surface area contributed by atoms with Gasteiger partial charge in [0, 0.05) is 21.6 Å². The number of rotatable bonds is 7. The average molecular weight is 351 g/mol. The van der Waals surface area contributed by atoms with Crippen molar-refractivity contribution in [3.8, 4) is 0 Å². The van der Waals surface area contributed by atoms with E-state index >= 15 is 0 Å². The minimum absolute atomic E-state index is 0.650. The number of thiazole rings is 1. The minimum Gasteiger partial charge on any atom is -0.314 e. The number of hydrogen-bond donors (Lipinski definition) is 1. The highest BCUT2D eigenvalue weighted by Gasteiger charge is 2.22. The smallest absolute Gasteiger partial charge is 0.0794 e. The Balaban J connectivity index is 1.61. The summed E-state index contributed by atoms with van der Waals surface area (Å²) in [5.41, 5.74) is 3.35. The predicted octanol–water partition coefficient (Wildman–Crippen LogP) is 4.06. The second-order valence-corrected chi connectivity index (χ2v) is 7.44. The third-order valence-corrected chi connectivity index (χ3v) is 5.01. The van der Waals surface area contributed by atoms with Crippen LogP contribution in [-0.2, 0) is 12.8 Å². The van der Waals surface area contributed by atoms with Crippen LogP contribution in [0.5, 0.6) is 0 Å². The minimum atomic E-state index is 0.650. The first-order valence-corrected chi connectivity index (χ1v) is 8.82. The molecule has 1 unspecified atom stereocenters. The Labute approximate surface area is 132 Å². The standard InChI is InChI=1S/C16H19BrN2S/c17-14-3-1-12(2-4-14)7-13(9-19-15-5-6-15)8-16-10-18-11-20-16/h1-4,10-11,13,15,19H,5-9H2. The molecular weight excluding hydrogens is 332 g/mol. The molecule has 1 saturated carbocycles. The lowest BCUT2D eigenvalue weighted by Gasteiger charge is -2.17. The fourth-order valence-corrected chi connectivity index (χ4v) is 3.39. The van der Waals surface area contributed by atoms with E-state index in [1.54, 1.807) is 11.3 Å². The molecule has 1 heterocycles. The summed E-state index contributed by atoms with van der Waals surface area (Å²) in [6.45, 7) is 1.11. The van der Waals surface area contributed by atoms with E-state index in [2.05, 4.69) is 50.5 Å². The summed E-state index contributed by atoms with van der Waals surface area (Å²) >= 11 is 5.27. The van der Waals surface area contributed by atoms with Crippen molar-refractivity contribution in [1.29, 1.82) is 0 Å². The average Bonchev–Trinajstić information content (AvgIpc) is 3.15. The summed E-state index contributed by atoms with van der Waals surface area (Å²) in [5.74, 6) is 0.650. The van der Waals surface area contributed by atoms with E-state index in [0.29, 0.717) is 5.92 Å². The van der Waals surface area contributed by atoms with Gasteiger partial charge in [0.1, 0.15) is 0 Å². The van der Waals surface area contributed by atoms with Crippen LogP contribution in [0, 0.1) is 5.92 Å². The van der Waals surface area contributed by atoms with Crippen molar-refractivity contribution in [2.45, 2.75) is 31.7 Å². The van der Waals surface area contributed by atoms with Gasteiger partial charge in [-0.3, -0.25) is 4.98 Å². The zero-order chi connectivity index (χ0) is 13.8. The van der Waals surface area contributed by atoms with Crippen molar-refractivity contribution in [1.82, 2.24) is 10.3 Å². The van der Waals surface area contributed by atoms with Crippen molar-refractivity contribution < 1.29 is 0 Å². The maximum absolute atomic E-state index is 4.19. The van der Waals surface area contributed by atoms with Crippen molar-refractivity contribution in [2.75, 3.05) is 6.54 Å². The largest absolute Gasteiger partial charge is 0.314 e. The molecule has 1 aromatic carbocycles. The van der Waals surface area contributed by atoms with Crippen molar-refractivity contribution >= 4 is 27.3 Å². The van der Waals surface area contributed by atoms with Gasteiger partial charge in [-0.05, 0) is 55.8 Å². The number of halogens is 1. The molecule has 1 N–H and O–H groups in total. The van der Waals surface area contributed by atoms with E-state index in [0.717, 1.165) is 29.9 Å². The van der Waals surface area contributed by atoms with Gasteiger partial charge in [-0.1, -0.05) is 28.1 Å². The van der Waals surface area contributed by atoms with Crippen molar-refractivity contribution in [2.24, 2.45) is 5.92 Å². The Kier molecular flexibility index (Phi) is 4.86. The summed E-state index contributed by atoms with van der Waals surface area (Å²) in [6, 6.07) is 9.49. The first-order chi connectivity index (χ1) is 9.79. The topological polar surface area (TPSA) is 24.9 Å². The van der Waals surface area contributed by atoms with Gasteiger partial charge in [0.2, 0.25) is 0 Å². The van der Waals surface area contributed by atoms with Crippen LogP contribution in [0.1, 0.15) is 23.3 Å². The van der Waals surface area contributed by atoms with E-state index in [-0.39, 0.29) is 0 Å². The van der Waals surface area contributed by atoms with E-state index < -0.39 is 0 Å². The van der Waals surface area contributed by atoms with E-state index in [1.807, 2.05) is 11.7 Å². The van der Waals surface area contributed by atoms with Gasteiger partial charge < -0.3 is 5.32 Å². The van der Waals surface area contributed by atoms with E-state index in [1.165, 1.54) is 23.3 Å². The highest BCUT2D eigenvalue weighted by atomic mass is 79.9. The molecule has 0 saturated heterocycles. The summed E-state index contributed by atoms with van der Waals surface area (Å²) in [5, 5.41) is 3.68. The van der Waals surface area contributed by atoms with Gasteiger partial charge in [0.05, 0.1) is 5.51 Å². The third kappa shape index (κ3) is 4.40. The molecule has 106 valence electrons. The quantitative estimate of drug-likeness (QED) is 0.814. The Bertz CT molecular complexity index is 520. The van der Waals surface area contributed by atoms with E-state index in [4.69, 9.17) is 0 Å². The molecule has 0 radical (unpaired) electrons. The molecule has 0 bridgehead atoms. The molecule has 20 heavy (non-hydrogen) atoms. The molecule has 2 aromatic rings. The maximum atomic E-state index is 4.19. The van der Waals surface area contributed by atoms with Gasteiger partial charge in [0.15, 0.2) is 0 Å². The first-order valence-electron chi connectivity index (χ1n) is 7.15. The molecule has 1 aliphatic carbocycles. The predicted molar refractivity (Wildman–Crippen MR) is 88.2 cm³/mol. The van der Waals surface area contributed by atoms with Crippen LogP contribution in [0.25, 0.3) is 0 Å². The summed E-state index contributed by atoms with van der Waals surface area (Å²) in [7, 11) is 0. The fraction of sp³-hybridized carbons (Fsp3) is 0.438. The summed E-state index contributed by atoms with van der Waals surface area (Å²) < 4.78 is 1.15. The van der Waals surface area contributed by atoms with Crippen molar-refractivity contribution in [3.05, 3.63) is 50.9 Å². The van der Waals surface area contributed by atoms with Crippen LogP contribution in [0.2, 0.25) is 0 Å². The van der Waals surface area contributed by atoms with Gasteiger partial charge in [-0.15, -0.1) is 11.3 Å². The van der Waals surface area contributed by atoms with Gasteiger partial charge in [-0.2, -0.15) is 0 Å². The first kappa shape index (κ1) is 14.2. The molecule has 1 atom stereocenters. The number of benzene rings is 1. The molecule has 3 rings (SSSR count). The lowest BCUT2D eigenvalue weighted by molar-refractivity contribution is 0.471. The number of nitrogens with zero attached hydrogens (tertiary/aromatic N) is 1. The van der Waals surface area contributed by atoms with Crippen LogP contribution in [0.15, 0.2) is 40.4 Å². The second-order valence-electron chi connectivity index (χ2n) is 5.55. The number of hydrogen-bond acceptors (Lipinski definition) is 3. The lowest BCUT2D eigenvalue weighted by atomic mass is 9.95. The molecule has 0 aliphatic heterocycles. The van der Waals surface area contributed by atoms with Gasteiger partial charge >= 0.3 is 0 Å². The lowest BCUT2D eigenvalue weighted by Crippen LogP contribution is -2.27. The van der Waals surface area contributed by atoms with Crippen LogP contribution < -0.4 is 5.32 Å². The Morgan fingerprint density at radius 1 is 1.25 bits per heavy atom. The molecule has 0 spiro atoms. The normalized spacial score (nSPS) is 16.2. The molecule has 4 heteroatoms. The molecule has 0 amide bonds. The molecule has 2 nitrogen and oxygen atoms in total. The SMILES string of the molecule is Brc1ccc(CC(CNC2CC2)Cc2cncs2)cc1. The second kappa shape index (κ2) is 6.83. The number of nitrogens with one attached hydrogen (secondary N) is 1. The Morgan fingerprint density at radius 2 is 2.05 bits per heavy atom. The molecule has 1 fully saturated rings. The highest BCUT2D eigenvalue weighted by Crippen LogP contribution is 2.22. The van der Waals surface area contributed by atoms with Gasteiger partial charge in [-0.25, -0.2) is 0 Å². The van der Waals surface area contributed by atoms with E-state index in [9.17, 15) is 0 Å². The fourth-order valence-electron chi connectivity index (χ4n) is 2.42. The summed E-state index contributed by atoms with van der Waals surface area (Å²) in [6.07, 6.45) is 6.97. The zero-order valence-electron chi connectivity index (χ0n) is 11.4. The molecule has 1 aromatic heterocycles. The summed E-state index contributed by atoms with van der Waals surface area (Å²) in [4.78, 5) is 5.59.